The first-order valence-corrected chi connectivity index (χ1v) is 10.1. The van der Waals surface area contributed by atoms with Gasteiger partial charge in [0.2, 0.25) is 0 Å². The lowest BCUT2D eigenvalue weighted by Gasteiger charge is -2.11. The second-order valence-corrected chi connectivity index (χ2v) is 6.83. The van der Waals surface area contributed by atoms with Crippen molar-refractivity contribution in [2.24, 2.45) is 0 Å². The highest BCUT2D eigenvalue weighted by Crippen LogP contribution is 2.25. The van der Waals surface area contributed by atoms with Gasteiger partial charge in [0.05, 0.1) is 12.7 Å². The Labute approximate surface area is 182 Å². The third-order valence-corrected chi connectivity index (χ3v) is 4.66. The van der Waals surface area contributed by atoms with Gasteiger partial charge in [-0.15, -0.1) is 0 Å². The summed E-state index contributed by atoms with van der Waals surface area (Å²) in [5, 5.41) is 2.78. The predicted molar refractivity (Wildman–Crippen MR) is 121 cm³/mol. The molecule has 0 spiro atoms. The predicted octanol–water partition coefficient (Wildman–Crippen LogP) is 4.14. The Morgan fingerprint density at radius 3 is 2.23 bits per heavy atom. The fraction of sp³-hybridized carbons (Fsp3) is 0.154. The molecule has 3 rings (SSSR count). The first kappa shape index (κ1) is 21.8. The van der Waals surface area contributed by atoms with Gasteiger partial charge in [0.15, 0.2) is 6.61 Å². The number of hydrogen-bond donors (Lipinski definition) is 1. The lowest BCUT2D eigenvalue weighted by atomic mass is 10.0. The number of methoxy groups -OCH3 is 1. The maximum Gasteiger partial charge on any atom is 0.339 e. The van der Waals surface area contributed by atoms with E-state index in [1.54, 1.807) is 13.2 Å². The normalized spacial score (nSPS) is 10.9. The second-order valence-electron chi connectivity index (χ2n) is 6.83. The number of carbonyl (C=O) groups is 2. The molecule has 0 aliphatic rings. The topological polar surface area (TPSA) is 64.6 Å². The van der Waals surface area contributed by atoms with Crippen molar-refractivity contribution >= 4 is 23.5 Å². The molecule has 5 nitrogen and oxygen atoms in total. The minimum absolute atomic E-state index is 0.339. The first-order chi connectivity index (χ1) is 15.2. The highest BCUT2D eigenvalue weighted by molar-refractivity contribution is 6.22. The number of nitrogens with one attached hydrogen (secondary N) is 1. The molecule has 0 radical (unpaired) electrons. The largest absolute Gasteiger partial charge is 0.496 e. The van der Waals surface area contributed by atoms with E-state index in [1.165, 1.54) is 0 Å². The van der Waals surface area contributed by atoms with Crippen molar-refractivity contribution in [3.8, 4) is 5.75 Å². The summed E-state index contributed by atoms with van der Waals surface area (Å²) in [7, 11) is 1.58. The summed E-state index contributed by atoms with van der Waals surface area (Å²) in [5.41, 5.74) is 2.92. The van der Waals surface area contributed by atoms with Crippen molar-refractivity contribution in [1.82, 2.24) is 5.32 Å². The Morgan fingerprint density at radius 2 is 1.52 bits per heavy atom. The number of amides is 1. The molecule has 0 atom stereocenters. The van der Waals surface area contributed by atoms with Gasteiger partial charge in [0.25, 0.3) is 5.91 Å². The number of esters is 1. The van der Waals surface area contributed by atoms with Gasteiger partial charge in [-0.2, -0.15) is 0 Å². The fourth-order valence-electron chi connectivity index (χ4n) is 3.07. The standard InChI is InChI=1S/C26H25NO4/c1-30-24-15-9-8-14-22(24)18-23(21-12-6-3-7-13-21)26(29)31-19-25(28)27-17-16-20-10-4-2-5-11-20/h2-15,18H,16-17,19H2,1H3,(H,27,28)/b23-18+. The zero-order valence-electron chi connectivity index (χ0n) is 17.4. The van der Waals surface area contributed by atoms with Gasteiger partial charge in [-0.05, 0) is 29.7 Å². The Bertz CT molecular complexity index is 1030. The lowest BCUT2D eigenvalue weighted by Crippen LogP contribution is -2.30. The van der Waals surface area contributed by atoms with E-state index < -0.39 is 5.97 Å². The summed E-state index contributed by atoms with van der Waals surface area (Å²) < 4.78 is 10.7. The van der Waals surface area contributed by atoms with Gasteiger partial charge < -0.3 is 14.8 Å². The van der Waals surface area contributed by atoms with Gasteiger partial charge in [0, 0.05) is 12.1 Å². The lowest BCUT2D eigenvalue weighted by molar-refractivity contribution is -0.142. The molecule has 3 aromatic rings. The number of rotatable bonds is 9. The molecule has 0 fully saturated rings. The molecule has 1 N–H and O–H groups in total. The average Bonchev–Trinajstić information content (AvgIpc) is 2.82. The Hall–Kier alpha value is -3.86. The van der Waals surface area contributed by atoms with Gasteiger partial charge in [-0.1, -0.05) is 78.9 Å². The van der Waals surface area contributed by atoms with E-state index in [9.17, 15) is 9.59 Å². The smallest absolute Gasteiger partial charge is 0.339 e. The molecule has 0 saturated heterocycles. The van der Waals surface area contributed by atoms with Crippen molar-refractivity contribution in [3.63, 3.8) is 0 Å². The van der Waals surface area contributed by atoms with Crippen LogP contribution in [0.1, 0.15) is 16.7 Å². The molecule has 158 valence electrons. The van der Waals surface area contributed by atoms with Crippen molar-refractivity contribution in [1.29, 1.82) is 0 Å². The van der Waals surface area contributed by atoms with Crippen molar-refractivity contribution in [2.75, 3.05) is 20.3 Å². The molecule has 0 unspecified atom stereocenters. The van der Waals surface area contributed by atoms with E-state index in [4.69, 9.17) is 9.47 Å². The number of benzene rings is 3. The van der Waals surface area contributed by atoms with Crippen LogP contribution in [0.15, 0.2) is 84.9 Å². The molecule has 0 bridgehead atoms. The first-order valence-electron chi connectivity index (χ1n) is 10.1. The van der Waals surface area contributed by atoms with Gasteiger partial charge >= 0.3 is 5.97 Å². The van der Waals surface area contributed by atoms with E-state index in [2.05, 4.69) is 5.32 Å². The molecule has 0 aliphatic carbocycles. The quantitative estimate of drug-likeness (QED) is 0.324. The number of hydrogen-bond acceptors (Lipinski definition) is 4. The molecule has 0 aromatic heterocycles. The molecule has 0 aliphatic heterocycles. The van der Waals surface area contributed by atoms with Crippen LogP contribution in [0, 0.1) is 0 Å². The molecule has 5 heteroatoms. The molecule has 31 heavy (non-hydrogen) atoms. The second kappa shape index (κ2) is 11.4. The third-order valence-electron chi connectivity index (χ3n) is 4.66. The molecule has 1 amide bonds. The van der Waals surface area contributed by atoms with E-state index in [0.29, 0.717) is 29.9 Å². The van der Waals surface area contributed by atoms with Crippen LogP contribution in [0.3, 0.4) is 0 Å². The van der Waals surface area contributed by atoms with E-state index in [0.717, 1.165) is 11.1 Å². The molecule has 3 aromatic carbocycles. The Balaban J connectivity index is 1.65. The van der Waals surface area contributed by atoms with Crippen LogP contribution in [0.25, 0.3) is 11.6 Å². The SMILES string of the molecule is COc1ccccc1/C=C(/C(=O)OCC(=O)NCCc1ccccc1)c1ccccc1. The Kier molecular flexibility index (Phi) is 8.00. The minimum Gasteiger partial charge on any atom is -0.496 e. The summed E-state index contributed by atoms with van der Waals surface area (Å²) >= 11 is 0. The third kappa shape index (κ3) is 6.57. The van der Waals surface area contributed by atoms with Crippen LogP contribution in [-0.4, -0.2) is 32.1 Å². The van der Waals surface area contributed by atoms with E-state index in [-0.39, 0.29) is 12.5 Å². The number of ether oxygens (including phenoxy) is 2. The van der Waals surface area contributed by atoms with Crippen LogP contribution in [-0.2, 0) is 20.7 Å². The van der Waals surface area contributed by atoms with Crippen molar-refractivity contribution in [3.05, 3.63) is 102 Å². The molecule has 0 saturated carbocycles. The maximum atomic E-state index is 12.8. The number of carbonyl (C=O) groups excluding carboxylic acids is 2. The van der Waals surface area contributed by atoms with E-state index >= 15 is 0 Å². The summed E-state index contributed by atoms with van der Waals surface area (Å²) in [5.74, 6) is -0.272. The zero-order valence-corrected chi connectivity index (χ0v) is 17.4. The van der Waals surface area contributed by atoms with Crippen LogP contribution >= 0.6 is 0 Å². The fourth-order valence-corrected chi connectivity index (χ4v) is 3.07. The van der Waals surface area contributed by atoms with Gasteiger partial charge in [-0.25, -0.2) is 4.79 Å². The van der Waals surface area contributed by atoms with Crippen LogP contribution < -0.4 is 10.1 Å². The van der Waals surface area contributed by atoms with Gasteiger partial charge in [-0.3, -0.25) is 4.79 Å². The summed E-state index contributed by atoms with van der Waals surface area (Å²) in [6.07, 6.45) is 2.42. The minimum atomic E-state index is -0.574. The number of para-hydroxylation sites is 1. The van der Waals surface area contributed by atoms with Crippen LogP contribution in [0.2, 0.25) is 0 Å². The van der Waals surface area contributed by atoms with Crippen molar-refractivity contribution in [2.45, 2.75) is 6.42 Å². The maximum absolute atomic E-state index is 12.8. The monoisotopic (exact) mass is 415 g/mol. The summed E-state index contributed by atoms with van der Waals surface area (Å²) in [6.45, 7) is 0.132. The highest BCUT2D eigenvalue weighted by atomic mass is 16.5. The van der Waals surface area contributed by atoms with Crippen LogP contribution in [0.4, 0.5) is 0 Å². The van der Waals surface area contributed by atoms with Crippen molar-refractivity contribution < 1.29 is 19.1 Å². The van der Waals surface area contributed by atoms with Crippen LogP contribution in [0.5, 0.6) is 5.75 Å². The molecular weight excluding hydrogens is 390 g/mol. The highest BCUT2D eigenvalue weighted by Gasteiger charge is 2.16. The summed E-state index contributed by atoms with van der Waals surface area (Å²) in [6, 6.07) is 26.5. The molecule has 0 heterocycles. The average molecular weight is 415 g/mol. The molecular formula is C26H25NO4. The zero-order chi connectivity index (χ0) is 21.9. The Morgan fingerprint density at radius 1 is 0.871 bits per heavy atom. The van der Waals surface area contributed by atoms with E-state index in [1.807, 2.05) is 84.9 Å². The van der Waals surface area contributed by atoms with Gasteiger partial charge in [0.1, 0.15) is 5.75 Å². The summed E-state index contributed by atoms with van der Waals surface area (Å²) in [4.78, 5) is 25.0.